The van der Waals surface area contributed by atoms with Gasteiger partial charge in [0.05, 0.1) is 0 Å². The van der Waals surface area contributed by atoms with Crippen molar-refractivity contribution in [2.75, 3.05) is 0 Å². The lowest BCUT2D eigenvalue weighted by molar-refractivity contribution is 3.55. The Hall–Kier alpha value is 2.79. The first-order chi connectivity index (χ1) is 3.46. The van der Waals surface area contributed by atoms with Crippen LogP contribution in [0, 0.1) is 0 Å². The number of hydrogen-bond donors (Lipinski definition) is 0. The van der Waals surface area contributed by atoms with Gasteiger partial charge in [0.2, 0.25) is 0 Å². The van der Waals surface area contributed by atoms with Crippen LogP contribution in [0.4, 0.5) is 0 Å². The van der Waals surface area contributed by atoms with E-state index in [-0.39, 0.29) is 0 Å². The van der Waals surface area contributed by atoms with Gasteiger partial charge in [-0.1, -0.05) is 0 Å². The SMILES string of the molecule is Br[Si]1(Br)[SiH2][SiH2][Si]1(Br)Br. The summed E-state index contributed by atoms with van der Waals surface area (Å²) in [4.78, 5) is 0. The molecule has 0 aromatic heterocycles. The molecule has 1 aliphatic heterocycles. The van der Waals surface area contributed by atoms with E-state index >= 15 is 0 Å². The molecule has 0 aromatic carbocycles. The van der Waals surface area contributed by atoms with Gasteiger partial charge in [-0.05, 0) is 0 Å². The van der Waals surface area contributed by atoms with E-state index in [0.29, 0.717) is 17.1 Å². The molecule has 8 heteroatoms. The van der Waals surface area contributed by atoms with E-state index in [2.05, 4.69) is 61.2 Å². The average Bonchev–Trinajstić information content (AvgIpc) is 1.64. The van der Waals surface area contributed by atoms with E-state index in [9.17, 15) is 0 Å². The fraction of sp³-hybridized carbons (Fsp3) is 0. The van der Waals surface area contributed by atoms with Crippen molar-refractivity contribution >= 4 is 87.0 Å². The zero-order valence-corrected chi connectivity index (χ0v) is 15.1. The van der Waals surface area contributed by atoms with Crippen LogP contribution in [0.3, 0.4) is 0 Å². The molecule has 1 saturated heterocycles. The van der Waals surface area contributed by atoms with Crippen molar-refractivity contribution in [3.8, 4) is 0 Å². The van der Waals surface area contributed by atoms with Crippen LogP contribution in [0.1, 0.15) is 0 Å². The van der Waals surface area contributed by atoms with E-state index in [1.807, 2.05) is 0 Å². The molecule has 0 aliphatic carbocycles. The molecule has 1 fully saturated rings. The third-order valence-electron chi connectivity index (χ3n) is 1.29. The maximum atomic E-state index is 3.81. The van der Waals surface area contributed by atoms with Crippen molar-refractivity contribution in [3.63, 3.8) is 0 Å². The standard InChI is InChI=1S/Br4H4Si4/c1-7(2)5-6-8(7,3)4/h5-6H2. The Morgan fingerprint density at radius 3 is 1.00 bits per heavy atom. The Kier molecular flexibility index (Phi) is 2.98. The molecule has 0 unspecified atom stereocenters. The van der Waals surface area contributed by atoms with Gasteiger partial charge in [0.25, 0.3) is 0 Å². The number of halogens is 4. The summed E-state index contributed by atoms with van der Waals surface area (Å²) < 4.78 is -1.76. The van der Waals surface area contributed by atoms with Crippen molar-refractivity contribution in [1.29, 1.82) is 0 Å². The maximum Gasteiger partial charge on any atom is 0.192 e. The minimum Gasteiger partial charge on any atom is -0.117 e. The summed E-state index contributed by atoms with van der Waals surface area (Å²) in [6.45, 7) is 0. The van der Waals surface area contributed by atoms with Crippen LogP contribution in [0.5, 0.6) is 0 Å². The Labute approximate surface area is 85.7 Å². The second kappa shape index (κ2) is 2.68. The van der Waals surface area contributed by atoms with E-state index in [1.165, 1.54) is 0 Å². The summed E-state index contributed by atoms with van der Waals surface area (Å²) in [7, 11) is 0.816. The van der Waals surface area contributed by atoms with Crippen molar-refractivity contribution in [2.24, 2.45) is 0 Å². The molecule has 1 heterocycles. The van der Waals surface area contributed by atoms with Gasteiger partial charge in [-0.25, -0.2) is 0 Å². The molecular weight excluding hydrogens is 432 g/mol. The number of rotatable bonds is 0. The largest absolute Gasteiger partial charge is 0.192 e. The lowest BCUT2D eigenvalue weighted by Crippen LogP contribution is -2.70. The van der Waals surface area contributed by atoms with Gasteiger partial charge < -0.3 is 0 Å². The molecule has 0 aromatic rings. The summed E-state index contributed by atoms with van der Waals surface area (Å²) in [5, 5.41) is 0. The highest BCUT2D eigenvalue weighted by Gasteiger charge is 2.58. The van der Waals surface area contributed by atoms with Crippen LogP contribution < -0.4 is 0 Å². The summed E-state index contributed by atoms with van der Waals surface area (Å²) in [6, 6.07) is 0. The van der Waals surface area contributed by atoms with E-state index in [0.717, 1.165) is 0 Å². The molecule has 0 radical (unpaired) electrons. The zero-order valence-electron chi connectivity index (χ0n) is 3.93. The molecule has 0 amide bonds. The Balaban J connectivity index is 2.63. The van der Waals surface area contributed by atoms with E-state index in [1.54, 1.807) is 0 Å². The molecule has 1 aliphatic rings. The molecule has 0 N–H and O–H groups in total. The summed E-state index contributed by atoms with van der Waals surface area (Å²) in [5.41, 5.74) is 0. The summed E-state index contributed by atoms with van der Waals surface area (Å²) in [5.74, 6) is 0. The van der Waals surface area contributed by atoms with Crippen LogP contribution in [-0.4, -0.2) is 25.8 Å². The molecule has 0 nitrogen and oxygen atoms in total. The van der Waals surface area contributed by atoms with Crippen molar-refractivity contribution in [2.45, 2.75) is 0 Å². The summed E-state index contributed by atoms with van der Waals surface area (Å²) >= 11 is 15.2. The first-order valence-corrected chi connectivity index (χ1v) is 24.9. The Morgan fingerprint density at radius 1 is 0.750 bits per heavy atom. The van der Waals surface area contributed by atoms with Crippen LogP contribution in [0.2, 0.25) is 0 Å². The molecule has 0 spiro atoms. The normalized spacial score (nSPS) is 37.5. The lowest BCUT2D eigenvalue weighted by atomic mass is 26.1. The third-order valence-corrected chi connectivity index (χ3v) is 166. The van der Waals surface area contributed by atoms with Gasteiger partial charge in [0, 0.05) is 17.1 Å². The first kappa shape index (κ1) is 8.88. The molecule has 0 saturated carbocycles. The van der Waals surface area contributed by atoms with E-state index in [4.69, 9.17) is 0 Å². The Bertz CT molecular complexity index is 92.6. The highest BCUT2D eigenvalue weighted by molar-refractivity contribution is 9.70. The zero-order chi connectivity index (χ0) is 6.41. The second-order valence-electron chi connectivity index (χ2n) is 1.91. The van der Waals surface area contributed by atoms with Gasteiger partial charge in [-0.3, -0.25) is 0 Å². The molecule has 48 valence electrons. The minimum atomic E-state index is -0.880. The molecular formula is H4Br4Si4. The molecule has 8 heavy (non-hydrogen) atoms. The van der Waals surface area contributed by atoms with Gasteiger partial charge in [0.15, 0.2) is 8.70 Å². The first-order valence-electron chi connectivity index (χ1n) is 2.21. The van der Waals surface area contributed by atoms with Gasteiger partial charge in [-0.2, -0.15) is 0 Å². The fourth-order valence-corrected chi connectivity index (χ4v) is 169. The highest BCUT2D eigenvalue weighted by atomic mass is 79.9. The van der Waals surface area contributed by atoms with Crippen LogP contribution in [0.15, 0.2) is 0 Å². The molecule has 1 rings (SSSR count). The van der Waals surface area contributed by atoms with Crippen molar-refractivity contribution in [1.82, 2.24) is 0 Å². The van der Waals surface area contributed by atoms with Gasteiger partial charge in [-0.15, -0.1) is 61.2 Å². The van der Waals surface area contributed by atoms with Crippen LogP contribution in [-0.2, 0) is 0 Å². The third kappa shape index (κ3) is 1.51. The fourth-order valence-electron chi connectivity index (χ4n) is 0.503. The van der Waals surface area contributed by atoms with Gasteiger partial charge >= 0.3 is 0 Å². The van der Waals surface area contributed by atoms with Crippen LogP contribution in [0.25, 0.3) is 0 Å². The molecule has 0 bridgehead atoms. The smallest absolute Gasteiger partial charge is 0.117 e. The number of hydrogen-bond acceptors (Lipinski definition) is 0. The van der Waals surface area contributed by atoms with Crippen molar-refractivity contribution < 1.29 is 0 Å². The minimum absolute atomic E-state index is 0.408. The monoisotopic (exact) mass is 432 g/mol. The quantitative estimate of drug-likeness (QED) is 0.390. The van der Waals surface area contributed by atoms with Crippen LogP contribution >= 0.6 is 61.2 Å². The Morgan fingerprint density at radius 2 is 1.00 bits per heavy atom. The maximum absolute atomic E-state index is 3.81. The molecule has 0 atom stereocenters. The lowest BCUT2D eigenvalue weighted by Gasteiger charge is -2.39. The summed E-state index contributed by atoms with van der Waals surface area (Å²) in [6.07, 6.45) is 0. The topological polar surface area (TPSA) is 0 Å². The second-order valence-corrected chi connectivity index (χ2v) is 77.3. The predicted molar refractivity (Wildman–Crippen MR) is 64.3 cm³/mol. The van der Waals surface area contributed by atoms with E-state index < -0.39 is 8.70 Å². The predicted octanol–water partition coefficient (Wildman–Crippen LogP) is 0.788. The average molecular weight is 436 g/mol. The van der Waals surface area contributed by atoms with Crippen molar-refractivity contribution in [3.05, 3.63) is 0 Å². The highest BCUT2D eigenvalue weighted by Crippen LogP contribution is 2.44. The van der Waals surface area contributed by atoms with Gasteiger partial charge in [0.1, 0.15) is 0 Å².